The van der Waals surface area contributed by atoms with Gasteiger partial charge in [-0.2, -0.15) is 0 Å². The molecule has 1 aliphatic heterocycles. The fourth-order valence-corrected chi connectivity index (χ4v) is 1.97. The zero-order chi connectivity index (χ0) is 14.3. The molecule has 102 valence electrons. The Hall–Kier alpha value is -1.10. The summed E-state index contributed by atoms with van der Waals surface area (Å²) in [7, 11) is -0.361. The highest BCUT2D eigenvalue weighted by molar-refractivity contribution is 6.62. The van der Waals surface area contributed by atoms with Gasteiger partial charge in [-0.1, -0.05) is 30.3 Å². The first-order chi connectivity index (χ1) is 8.77. The van der Waals surface area contributed by atoms with Crippen molar-refractivity contribution in [2.75, 3.05) is 0 Å². The second-order valence-electron chi connectivity index (χ2n) is 5.94. The SMILES string of the molecule is C=CC(O)c1ccc(B2OC(C)(C)C(C)(C)O2)cc1. The van der Waals surface area contributed by atoms with Gasteiger partial charge in [-0.3, -0.25) is 0 Å². The van der Waals surface area contributed by atoms with Crippen LogP contribution < -0.4 is 5.46 Å². The number of benzene rings is 1. The van der Waals surface area contributed by atoms with Gasteiger partial charge in [-0.15, -0.1) is 6.58 Å². The molecule has 4 heteroatoms. The third kappa shape index (κ3) is 2.61. The Morgan fingerprint density at radius 1 is 1.11 bits per heavy atom. The fourth-order valence-electron chi connectivity index (χ4n) is 1.97. The van der Waals surface area contributed by atoms with Crippen LogP contribution in [0.2, 0.25) is 0 Å². The molecule has 1 atom stereocenters. The number of hydrogen-bond donors (Lipinski definition) is 1. The molecule has 3 nitrogen and oxygen atoms in total. The molecule has 1 saturated heterocycles. The van der Waals surface area contributed by atoms with Crippen molar-refractivity contribution in [2.24, 2.45) is 0 Å². The van der Waals surface area contributed by atoms with Gasteiger partial charge in [0.15, 0.2) is 0 Å². The summed E-state index contributed by atoms with van der Waals surface area (Å²) in [5, 5.41) is 9.67. The van der Waals surface area contributed by atoms with E-state index in [1.165, 1.54) is 6.08 Å². The van der Waals surface area contributed by atoms with Gasteiger partial charge in [0.05, 0.1) is 17.3 Å². The maximum Gasteiger partial charge on any atom is 0.494 e. The van der Waals surface area contributed by atoms with Gasteiger partial charge in [0, 0.05) is 0 Å². The highest BCUT2D eigenvalue weighted by Gasteiger charge is 2.51. The van der Waals surface area contributed by atoms with Crippen molar-refractivity contribution in [3.63, 3.8) is 0 Å². The predicted octanol–water partition coefficient (Wildman–Crippen LogP) is 2.21. The summed E-state index contributed by atoms with van der Waals surface area (Å²) < 4.78 is 11.9. The average Bonchev–Trinajstić information content (AvgIpc) is 2.58. The molecule has 1 fully saturated rings. The Kier molecular flexibility index (Phi) is 3.60. The molecule has 1 aliphatic rings. The van der Waals surface area contributed by atoms with E-state index in [2.05, 4.69) is 6.58 Å². The third-order valence-corrected chi connectivity index (χ3v) is 4.03. The zero-order valence-electron chi connectivity index (χ0n) is 12.0. The lowest BCUT2D eigenvalue weighted by atomic mass is 9.78. The highest BCUT2D eigenvalue weighted by Crippen LogP contribution is 2.36. The molecule has 0 radical (unpaired) electrons. The fraction of sp³-hybridized carbons (Fsp3) is 0.467. The molecule has 2 rings (SSSR count). The largest absolute Gasteiger partial charge is 0.494 e. The second kappa shape index (κ2) is 4.78. The lowest BCUT2D eigenvalue weighted by molar-refractivity contribution is 0.00578. The summed E-state index contributed by atoms with van der Waals surface area (Å²) >= 11 is 0. The number of rotatable bonds is 3. The molecule has 1 aromatic rings. The molecule has 0 aromatic heterocycles. The standard InChI is InChI=1S/C15H21BO3/c1-6-13(17)11-7-9-12(10-8-11)16-18-14(2,3)15(4,5)19-16/h6-10,13,17H,1H2,2-5H3. The molecule has 0 spiro atoms. The van der Waals surface area contributed by atoms with Crippen LogP contribution in [-0.2, 0) is 9.31 Å². The second-order valence-corrected chi connectivity index (χ2v) is 5.94. The van der Waals surface area contributed by atoms with Crippen LogP contribution >= 0.6 is 0 Å². The molecule has 1 heterocycles. The average molecular weight is 260 g/mol. The van der Waals surface area contributed by atoms with Crippen molar-refractivity contribution >= 4 is 12.6 Å². The van der Waals surface area contributed by atoms with Crippen molar-refractivity contribution in [3.05, 3.63) is 42.5 Å². The number of aliphatic hydroxyl groups excluding tert-OH is 1. The molecular weight excluding hydrogens is 239 g/mol. The van der Waals surface area contributed by atoms with E-state index in [4.69, 9.17) is 9.31 Å². The summed E-state index contributed by atoms with van der Waals surface area (Å²) in [6.07, 6.45) is 0.872. The molecule has 19 heavy (non-hydrogen) atoms. The Bertz CT molecular complexity index is 449. The zero-order valence-corrected chi connectivity index (χ0v) is 12.0. The molecular formula is C15H21BO3. The molecule has 0 aliphatic carbocycles. The van der Waals surface area contributed by atoms with E-state index in [0.717, 1.165) is 11.0 Å². The summed E-state index contributed by atoms with van der Waals surface area (Å²) in [4.78, 5) is 0. The van der Waals surface area contributed by atoms with Crippen molar-refractivity contribution in [1.82, 2.24) is 0 Å². The van der Waals surface area contributed by atoms with E-state index >= 15 is 0 Å². The van der Waals surface area contributed by atoms with Crippen LogP contribution in [0.4, 0.5) is 0 Å². The molecule has 1 aromatic carbocycles. The quantitative estimate of drug-likeness (QED) is 0.669. The number of hydrogen-bond acceptors (Lipinski definition) is 3. The van der Waals surface area contributed by atoms with Crippen LogP contribution in [-0.4, -0.2) is 23.4 Å². The van der Waals surface area contributed by atoms with Gasteiger partial charge in [0.2, 0.25) is 0 Å². The van der Waals surface area contributed by atoms with Gasteiger partial charge in [0.25, 0.3) is 0 Å². The predicted molar refractivity (Wildman–Crippen MR) is 77.3 cm³/mol. The third-order valence-electron chi connectivity index (χ3n) is 4.03. The minimum atomic E-state index is -0.632. The van der Waals surface area contributed by atoms with E-state index in [1.807, 2.05) is 52.0 Å². The van der Waals surface area contributed by atoms with Crippen LogP contribution in [0.3, 0.4) is 0 Å². The lowest BCUT2D eigenvalue weighted by Crippen LogP contribution is -2.41. The molecule has 1 unspecified atom stereocenters. The normalized spacial score (nSPS) is 22.3. The monoisotopic (exact) mass is 260 g/mol. The first kappa shape index (κ1) is 14.3. The Morgan fingerprint density at radius 3 is 2.00 bits per heavy atom. The first-order valence-corrected chi connectivity index (χ1v) is 6.53. The van der Waals surface area contributed by atoms with Crippen LogP contribution in [0, 0.1) is 0 Å². The summed E-state index contributed by atoms with van der Waals surface area (Å²) in [5.41, 5.74) is 1.10. The van der Waals surface area contributed by atoms with E-state index in [-0.39, 0.29) is 18.3 Å². The van der Waals surface area contributed by atoms with Gasteiger partial charge >= 0.3 is 7.12 Å². The highest BCUT2D eigenvalue weighted by atomic mass is 16.7. The van der Waals surface area contributed by atoms with Crippen molar-refractivity contribution in [1.29, 1.82) is 0 Å². The van der Waals surface area contributed by atoms with Crippen LogP contribution in [0.5, 0.6) is 0 Å². The Balaban J connectivity index is 2.19. The van der Waals surface area contributed by atoms with E-state index in [1.54, 1.807) is 0 Å². The van der Waals surface area contributed by atoms with Crippen molar-refractivity contribution in [3.8, 4) is 0 Å². The summed E-state index contributed by atoms with van der Waals surface area (Å²) in [6, 6.07) is 7.58. The Morgan fingerprint density at radius 2 is 1.58 bits per heavy atom. The van der Waals surface area contributed by atoms with Crippen LogP contribution in [0.25, 0.3) is 0 Å². The smallest absolute Gasteiger partial charge is 0.399 e. The van der Waals surface area contributed by atoms with E-state index in [9.17, 15) is 5.11 Å². The first-order valence-electron chi connectivity index (χ1n) is 6.53. The van der Waals surface area contributed by atoms with Crippen molar-refractivity contribution in [2.45, 2.75) is 45.0 Å². The lowest BCUT2D eigenvalue weighted by Gasteiger charge is -2.32. The topological polar surface area (TPSA) is 38.7 Å². The maximum atomic E-state index is 9.67. The minimum Gasteiger partial charge on any atom is -0.399 e. The summed E-state index contributed by atoms with van der Waals surface area (Å²) in [6.45, 7) is 11.7. The van der Waals surface area contributed by atoms with E-state index in [0.29, 0.717) is 0 Å². The molecule has 0 bridgehead atoms. The van der Waals surface area contributed by atoms with Crippen LogP contribution in [0.1, 0.15) is 39.4 Å². The van der Waals surface area contributed by atoms with E-state index < -0.39 is 6.10 Å². The van der Waals surface area contributed by atoms with Crippen molar-refractivity contribution < 1.29 is 14.4 Å². The minimum absolute atomic E-state index is 0.336. The van der Waals surface area contributed by atoms with Gasteiger partial charge < -0.3 is 14.4 Å². The molecule has 0 amide bonds. The Labute approximate surface area is 115 Å². The van der Waals surface area contributed by atoms with Gasteiger partial charge in [0.1, 0.15) is 0 Å². The molecule has 1 N–H and O–H groups in total. The maximum absolute atomic E-state index is 9.67. The van der Waals surface area contributed by atoms with Gasteiger partial charge in [-0.05, 0) is 38.7 Å². The summed E-state index contributed by atoms with van der Waals surface area (Å²) in [5.74, 6) is 0. The van der Waals surface area contributed by atoms with Gasteiger partial charge in [-0.25, -0.2) is 0 Å². The number of aliphatic hydroxyl groups is 1. The van der Waals surface area contributed by atoms with Crippen LogP contribution in [0.15, 0.2) is 36.9 Å². The molecule has 0 saturated carbocycles.